The molecule has 0 aromatic carbocycles. The van der Waals surface area contributed by atoms with E-state index >= 15 is 0 Å². The van der Waals surface area contributed by atoms with Crippen molar-refractivity contribution in [3.8, 4) is 0 Å². The highest BCUT2D eigenvalue weighted by atomic mass is 16.5. The Labute approximate surface area is 119 Å². The Kier molecular flexibility index (Phi) is 12.8. The third-order valence-corrected chi connectivity index (χ3v) is 3.20. The maximum Gasteiger partial charge on any atom is 0.0780 e. The smallest absolute Gasteiger partial charge is 0.0780 e. The lowest BCUT2D eigenvalue weighted by Gasteiger charge is -2.16. The summed E-state index contributed by atoms with van der Waals surface area (Å²) < 4.78 is 11.1. The lowest BCUT2D eigenvalue weighted by atomic mass is 10.0. The molecule has 0 aromatic heterocycles. The molecule has 0 heterocycles. The van der Waals surface area contributed by atoms with Crippen LogP contribution in [0, 0.1) is 5.92 Å². The fourth-order valence-electron chi connectivity index (χ4n) is 1.87. The lowest BCUT2D eigenvalue weighted by molar-refractivity contribution is -0.0459. The molecule has 3 heteroatoms. The first-order valence-corrected chi connectivity index (χ1v) is 7.90. The van der Waals surface area contributed by atoms with Gasteiger partial charge in [-0.15, -0.1) is 0 Å². The molecule has 0 aromatic rings. The molecule has 0 aliphatic carbocycles. The van der Waals surface area contributed by atoms with E-state index in [1.54, 1.807) is 0 Å². The molecule has 0 amide bonds. The molecule has 2 atom stereocenters. The summed E-state index contributed by atoms with van der Waals surface area (Å²) >= 11 is 0. The standard InChI is InChI=1S/C16H34O3/c1-14(2)10-8-6-5-7-9-11-18-16(4)13-19-15(3)12-17/h14-17H,5-13H2,1-4H3. The summed E-state index contributed by atoms with van der Waals surface area (Å²) in [6, 6.07) is 0. The summed E-state index contributed by atoms with van der Waals surface area (Å²) in [5, 5.41) is 8.83. The van der Waals surface area contributed by atoms with Crippen molar-refractivity contribution in [1.29, 1.82) is 0 Å². The molecule has 0 saturated carbocycles. The van der Waals surface area contributed by atoms with Crippen LogP contribution in [0.3, 0.4) is 0 Å². The van der Waals surface area contributed by atoms with Gasteiger partial charge in [-0.25, -0.2) is 0 Å². The van der Waals surface area contributed by atoms with Crippen molar-refractivity contribution < 1.29 is 14.6 Å². The second-order valence-electron chi connectivity index (χ2n) is 5.96. The molecule has 1 N–H and O–H groups in total. The average Bonchev–Trinajstić information content (AvgIpc) is 2.38. The molecule has 0 fully saturated rings. The molecule has 0 rings (SSSR count). The van der Waals surface area contributed by atoms with Crippen molar-refractivity contribution in [3.63, 3.8) is 0 Å². The van der Waals surface area contributed by atoms with Crippen LogP contribution in [0.25, 0.3) is 0 Å². The number of hydrogen-bond acceptors (Lipinski definition) is 3. The van der Waals surface area contributed by atoms with Gasteiger partial charge in [0.15, 0.2) is 0 Å². The van der Waals surface area contributed by atoms with Gasteiger partial charge in [-0.05, 0) is 26.2 Å². The van der Waals surface area contributed by atoms with E-state index in [1.807, 2.05) is 13.8 Å². The van der Waals surface area contributed by atoms with Crippen LogP contribution in [0.15, 0.2) is 0 Å². The molecule has 0 saturated heterocycles. The minimum Gasteiger partial charge on any atom is -0.394 e. The summed E-state index contributed by atoms with van der Waals surface area (Å²) in [4.78, 5) is 0. The quantitative estimate of drug-likeness (QED) is 0.519. The van der Waals surface area contributed by atoms with Gasteiger partial charge in [0.2, 0.25) is 0 Å². The fourth-order valence-corrected chi connectivity index (χ4v) is 1.87. The first-order valence-electron chi connectivity index (χ1n) is 7.90. The number of aliphatic hydroxyl groups excluding tert-OH is 1. The highest BCUT2D eigenvalue weighted by molar-refractivity contribution is 4.52. The first-order chi connectivity index (χ1) is 9.06. The number of aliphatic hydroxyl groups is 1. The van der Waals surface area contributed by atoms with Crippen molar-refractivity contribution in [2.24, 2.45) is 5.92 Å². The molecule has 0 bridgehead atoms. The summed E-state index contributed by atoms with van der Waals surface area (Å²) in [7, 11) is 0. The third-order valence-electron chi connectivity index (χ3n) is 3.20. The Bertz CT molecular complexity index is 183. The summed E-state index contributed by atoms with van der Waals surface area (Å²) in [5.41, 5.74) is 0. The maximum atomic E-state index is 8.83. The Balaban J connectivity index is 3.20. The van der Waals surface area contributed by atoms with Gasteiger partial charge in [-0.3, -0.25) is 0 Å². The molecule has 0 radical (unpaired) electrons. The molecule has 3 nitrogen and oxygen atoms in total. The summed E-state index contributed by atoms with van der Waals surface area (Å²) in [6.45, 7) is 9.92. The first kappa shape index (κ1) is 18.9. The van der Waals surface area contributed by atoms with E-state index in [2.05, 4.69) is 13.8 Å². The second-order valence-corrected chi connectivity index (χ2v) is 5.96. The van der Waals surface area contributed by atoms with Crippen molar-refractivity contribution in [3.05, 3.63) is 0 Å². The Morgan fingerprint density at radius 3 is 2.05 bits per heavy atom. The van der Waals surface area contributed by atoms with Crippen LogP contribution in [0.1, 0.15) is 66.2 Å². The predicted molar refractivity (Wildman–Crippen MR) is 80.5 cm³/mol. The minimum absolute atomic E-state index is 0.0725. The topological polar surface area (TPSA) is 38.7 Å². The molecule has 0 aliphatic rings. The van der Waals surface area contributed by atoms with Crippen LogP contribution >= 0.6 is 0 Å². The maximum absolute atomic E-state index is 8.83. The lowest BCUT2D eigenvalue weighted by Crippen LogP contribution is -2.22. The molecular formula is C16H34O3. The average molecular weight is 274 g/mol. The van der Waals surface area contributed by atoms with Crippen molar-refractivity contribution >= 4 is 0 Å². The predicted octanol–water partition coefficient (Wildman–Crippen LogP) is 3.79. The SMILES string of the molecule is CC(C)CCCCCCCOC(C)COC(C)CO. The number of hydrogen-bond donors (Lipinski definition) is 1. The zero-order chi connectivity index (χ0) is 14.5. The summed E-state index contributed by atoms with van der Waals surface area (Å²) in [6.07, 6.45) is 7.82. The van der Waals surface area contributed by atoms with E-state index in [4.69, 9.17) is 14.6 Å². The monoisotopic (exact) mass is 274 g/mol. The highest BCUT2D eigenvalue weighted by Crippen LogP contribution is 2.10. The Morgan fingerprint density at radius 1 is 0.789 bits per heavy atom. The van der Waals surface area contributed by atoms with E-state index in [0.717, 1.165) is 18.9 Å². The van der Waals surface area contributed by atoms with Crippen molar-refractivity contribution in [1.82, 2.24) is 0 Å². The van der Waals surface area contributed by atoms with Gasteiger partial charge in [-0.1, -0.05) is 46.0 Å². The van der Waals surface area contributed by atoms with Gasteiger partial charge in [0.05, 0.1) is 25.4 Å². The second kappa shape index (κ2) is 12.9. The molecule has 116 valence electrons. The molecule has 0 spiro atoms. The van der Waals surface area contributed by atoms with Gasteiger partial charge in [0.25, 0.3) is 0 Å². The van der Waals surface area contributed by atoms with Crippen LogP contribution < -0.4 is 0 Å². The van der Waals surface area contributed by atoms with E-state index in [1.165, 1.54) is 32.1 Å². The number of ether oxygens (including phenoxy) is 2. The van der Waals surface area contributed by atoms with E-state index < -0.39 is 0 Å². The Morgan fingerprint density at radius 2 is 1.42 bits per heavy atom. The highest BCUT2D eigenvalue weighted by Gasteiger charge is 2.05. The molecule has 19 heavy (non-hydrogen) atoms. The van der Waals surface area contributed by atoms with Crippen molar-refractivity contribution in [2.75, 3.05) is 19.8 Å². The van der Waals surface area contributed by atoms with Crippen LogP contribution in [-0.4, -0.2) is 37.1 Å². The minimum atomic E-state index is -0.0907. The van der Waals surface area contributed by atoms with Crippen LogP contribution in [0.5, 0.6) is 0 Å². The van der Waals surface area contributed by atoms with E-state index in [9.17, 15) is 0 Å². The third kappa shape index (κ3) is 14.1. The van der Waals surface area contributed by atoms with Gasteiger partial charge in [0, 0.05) is 6.61 Å². The van der Waals surface area contributed by atoms with Gasteiger partial charge in [0.1, 0.15) is 0 Å². The fraction of sp³-hybridized carbons (Fsp3) is 1.00. The van der Waals surface area contributed by atoms with Crippen LogP contribution in [0.4, 0.5) is 0 Å². The molecule has 2 unspecified atom stereocenters. The van der Waals surface area contributed by atoms with E-state index in [0.29, 0.717) is 6.61 Å². The van der Waals surface area contributed by atoms with Gasteiger partial charge in [-0.2, -0.15) is 0 Å². The van der Waals surface area contributed by atoms with Crippen LogP contribution in [-0.2, 0) is 9.47 Å². The number of unbranched alkanes of at least 4 members (excludes halogenated alkanes) is 4. The molecular weight excluding hydrogens is 240 g/mol. The van der Waals surface area contributed by atoms with Crippen molar-refractivity contribution in [2.45, 2.75) is 78.4 Å². The zero-order valence-corrected chi connectivity index (χ0v) is 13.4. The zero-order valence-electron chi connectivity index (χ0n) is 13.4. The number of rotatable bonds is 13. The Hall–Kier alpha value is -0.120. The largest absolute Gasteiger partial charge is 0.394 e. The summed E-state index contributed by atoms with van der Waals surface area (Å²) in [5.74, 6) is 0.838. The van der Waals surface area contributed by atoms with Gasteiger partial charge < -0.3 is 14.6 Å². The van der Waals surface area contributed by atoms with Gasteiger partial charge >= 0.3 is 0 Å². The van der Waals surface area contributed by atoms with E-state index in [-0.39, 0.29) is 18.8 Å². The normalized spacial score (nSPS) is 14.8. The molecule has 0 aliphatic heterocycles. The van der Waals surface area contributed by atoms with Crippen LogP contribution in [0.2, 0.25) is 0 Å².